The summed E-state index contributed by atoms with van der Waals surface area (Å²) in [5.74, 6) is 0.602. The number of rotatable bonds is 6. The van der Waals surface area contributed by atoms with Gasteiger partial charge in [0.15, 0.2) is 6.10 Å². The molecular weight excluding hydrogens is 362 g/mol. The first-order chi connectivity index (χ1) is 13.5. The minimum Gasteiger partial charge on any atom is -0.493 e. The van der Waals surface area contributed by atoms with Gasteiger partial charge in [-0.2, -0.15) is 0 Å². The lowest BCUT2D eigenvalue weighted by molar-refractivity contribution is -0.154. The molecule has 0 spiro atoms. The summed E-state index contributed by atoms with van der Waals surface area (Å²) >= 11 is 0. The van der Waals surface area contributed by atoms with E-state index in [2.05, 4.69) is 11.7 Å². The molecule has 0 aromatic heterocycles. The maximum atomic E-state index is 12.8. The minimum atomic E-state index is -1.13. The Morgan fingerprint density at radius 3 is 2.75 bits per heavy atom. The van der Waals surface area contributed by atoms with Crippen molar-refractivity contribution in [2.75, 3.05) is 33.4 Å². The first-order valence-corrected chi connectivity index (χ1v) is 9.69. The quantitative estimate of drug-likeness (QED) is 0.750. The fourth-order valence-electron chi connectivity index (χ4n) is 3.51. The van der Waals surface area contributed by atoms with Gasteiger partial charge in [0.2, 0.25) is 0 Å². The van der Waals surface area contributed by atoms with Gasteiger partial charge in [-0.3, -0.25) is 4.79 Å². The number of nitrogens with zero attached hydrogens (tertiary/aromatic N) is 1. The van der Waals surface area contributed by atoms with Crippen molar-refractivity contribution in [3.8, 4) is 11.5 Å². The highest BCUT2D eigenvalue weighted by atomic mass is 16.5. The standard InChI is InChI=1S/C21H27NO6/c1-3-10-27-17-5-4-15-11-16(13-28-18(15)12-17)20(24)22-8-6-14(7-9-22)19(23)21(25)26-2/h4-5,11-12,14,19,23H,3,6-10,13H2,1-2H3/t19-/m1/s1. The highest BCUT2D eigenvalue weighted by molar-refractivity contribution is 5.99. The molecule has 3 rings (SSSR count). The number of carbonyl (C=O) groups is 2. The Morgan fingerprint density at radius 1 is 1.32 bits per heavy atom. The summed E-state index contributed by atoms with van der Waals surface area (Å²) in [6.07, 6.45) is 2.79. The van der Waals surface area contributed by atoms with E-state index in [9.17, 15) is 14.7 Å². The summed E-state index contributed by atoms with van der Waals surface area (Å²) in [4.78, 5) is 26.1. The number of aliphatic hydroxyl groups is 1. The SMILES string of the molecule is CCCOc1ccc2c(c1)OCC(C(=O)N1CCC([C@@H](O)C(=O)OC)CC1)=C2. The van der Waals surface area contributed by atoms with Gasteiger partial charge in [0.25, 0.3) is 5.91 Å². The molecule has 1 N–H and O–H groups in total. The molecule has 0 radical (unpaired) electrons. The Hall–Kier alpha value is -2.54. The third-order valence-electron chi connectivity index (χ3n) is 5.16. The number of likely N-dealkylation sites (tertiary alicyclic amines) is 1. The second-order valence-electron chi connectivity index (χ2n) is 7.10. The first-order valence-electron chi connectivity index (χ1n) is 9.69. The lowest BCUT2D eigenvalue weighted by atomic mass is 9.91. The highest BCUT2D eigenvalue weighted by Crippen LogP contribution is 2.31. The molecular formula is C21H27NO6. The van der Waals surface area contributed by atoms with Crippen molar-refractivity contribution in [3.05, 3.63) is 29.3 Å². The van der Waals surface area contributed by atoms with E-state index >= 15 is 0 Å². The van der Waals surface area contributed by atoms with Crippen LogP contribution >= 0.6 is 0 Å². The predicted octanol–water partition coefficient (Wildman–Crippen LogP) is 2.02. The van der Waals surface area contributed by atoms with Gasteiger partial charge in [-0.1, -0.05) is 6.92 Å². The number of amides is 1. The van der Waals surface area contributed by atoms with Gasteiger partial charge in [0.1, 0.15) is 18.1 Å². The molecule has 1 saturated heterocycles. The van der Waals surface area contributed by atoms with Crippen LogP contribution in [0.15, 0.2) is 23.8 Å². The number of ether oxygens (including phenoxy) is 3. The van der Waals surface area contributed by atoms with Crippen LogP contribution < -0.4 is 9.47 Å². The number of hydrogen-bond donors (Lipinski definition) is 1. The molecule has 0 bridgehead atoms. The summed E-state index contributed by atoms with van der Waals surface area (Å²) in [5.41, 5.74) is 1.45. The lowest BCUT2D eigenvalue weighted by Crippen LogP contribution is -2.44. The predicted molar refractivity (Wildman–Crippen MR) is 103 cm³/mol. The minimum absolute atomic E-state index is 0.0667. The Kier molecular flexibility index (Phi) is 6.57. The van der Waals surface area contributed by atoms with Crippen molar-refractivity contribution in [1.29, 1.82) is 0 Å². The lowest BCUT2D eigenvalue weighted by Gasteiger charge is -2.34. The molecule has 1 fully saturated rings. The number of aliphatic hydroxyl groups excluding tert-OH is 1. The van der Waals surface area contributed by atoms with E-state index in [1.165, 1.54) is 7.11 Å². The van der Waals surface area contributed by atoms with Crippen molar-refractivity contribution in [1.82, 2.24) is 4.90 Å². The van der Waals surface area contributed by atoms with Crippen LogP contribution in [0.1, 0.15) is 31.7 Å². The summed E-state index contributed by atoms with van der Waals surface area (Å²) in [6.45, 7) is 3.90. The molecule has 7 nitrogen and oxygen atoms in total. The molecule has 2 aliphatic heterocycles. The van der Waals surface area contributed by atoms with E-state index in [0.29, 0.717) is 43.9 Å². The Bertz CT molecular complexity index is 751. The third kappa shape index (κ3) is 4.47. The number of esters is 1. The van der Waals surface area contributed by atoms with Crippen molar-refractivity contribution < 1.29 is 28.9 Å². The molecule has 0 saturated carbocycles. The average molecular weight is 389 g/mol. The second kappa shape index (κ2) is 9.10. The van der Waals surface area contributed by atoms with Crippen LogP contribution in [0.3, 0.4) is 0 Å². The van der Waals surface area contributed by atoms with Crippen LogP contribution in [0.2, 0.25) is 0 Å². The van der Waals surface area contributed by atoms with Gasteiger partial charge in [0.05, 0.1) is 19.3 Å². The fourth-order valence-corrected chi connectivity index (χ4v) is 3.51. The first kappa shape index (κ1) is 20.2. The van der Waals surface area contributed by atoms with Crippen LogP contribution in [0.5, 0.6) is 11.5 Å². The van der Waals surface area contributed by atoms with E-state index in [0.717, 1.165) is 17.7 Å². The fraction of sp³-hybridized carbons (Fsp3) is 0.524. The maximum Gasteiger partial charge on any atom is 0.334 e. The van der Waals surface area contributed by atoms with E-state index in [1.807, 2.05) is 24.3 Å². The van der Waals surface area contributed by atoms with Gasteiger partial charge in [0, 0.05) is 24.7 Å². The molecule has 152 valence electrons. The van der Waals surface area contributed by atoms with E-state index in [1.54, 1.807) is 4.90 Å². The highest BCUT2D eigenvalue weighted by Gasteiger charge is 2.33. The van der Waals surface area contributed by atoms with Gasteiger partial charge in [-0.25, -0.2) is 4.79 Å². The number of fused-ring (bicyclic) bond motifs is 1. The topological polar surface area (TPSA) is 85.3 Å². The zero-order valence-electron chi connectivity index (χ0n) is 16.3. The molecule has 1 aromatic rings. The second-order valence-corrected chi connectivity index (χ2v) is 7.10. The van der Waals surface area contributed by atoms with Crippen LogP contribution in [-0.2, 0) is 14.3 Å². The van der Waals surface area contributed by atoms with Crippen LogP contribution in [0.25, 0.3) is 6.08 Å². The van der Waals surface area contributed by atoms with Crippen LogP contribution in [-0.4, -0.2) is 61.4 Å². The van der Waals surface area contributed by atoms with Gasteiger partial charge < -0.3 is 24.2 Å². The normalized spacial score (nSPS) is 17.8. The zero-order chi connectivity index (χ0) is 20.1. The van der Waals surface area contributed by atoms with Gasteiger partial charge in [-0.05, 0) is 43.4 Å². The van der Waals surface area contributed by atoms with E-state index in [-0.39, 0.29) is 18.4 Å². The molecule has 2 heterocycles. The van der Waals surface area contributed by atoms with Crippen LogP contribution in [0, 0.1) is 5.92 Å². The summed E-state index contributed by atoms with van der Waals surface area (Å²) in [6, 6.07) is 5.62. The van der Waals surface area contributed by atoms with Crippen molar-refractivity contribution in [3.63, 3.8) is 0 Å². The molecule has 0 aliphatic carbocycles. The molecule has 0 unspecified atom stereocenters. The van der Waals surface area contributed by atoms with E-state index in [4.69, 9.17) is 9.47 Å². The average Bonchev–Trinajstić information content (AvgIpc) is 2.75. The number of methoxy groups -OCH3 is 1. The van der Waals surface area contributed by atoms with Gasteiger partial charge in [-0.15, -0.1) is 0 Å². The molecule has 1 aromatic carbocycles. The molecule has 1 amide bonds. The Labute approximate surface area is 164 Å². The van der Waals surface area contributed by atoms with Crippen LogP contribution in [0.4, 0.5) is 0 Å². The van der Waals surface area contributed by atoms with Crippen molar-refractivity contribution in [2.45, 2.75) is 32.3 Å². The maximum absolute atomic E-state index is 12.8. The molecule has 28 heavy (non-hydrogen) atoms. The summed E-state index contributed by atoms with van der Waals surface area (Å²) in [5, 5.41) is 9.98. The number of benzene rings is 1. The zero-order valence-corrected chi connectivity index (χ0v) is 16.3. The summed E-state index contributed by atoms with van der Waals surface area (Å²) < 4.78 is 16.0. The number of hydrogen-bond acceptors (Lipinski definition) is 6. The number of piperidine rings is 1. The molecule has 2 aliphatic rings. The molecule has 1 atom stereocenters. The Balaban J connectivity index is 1.61. The number of carbonyl (C=O) groups excluding carboxylic acids is 2. The smallest absolute Gasteiger partial charge is 0.334 e. The van der Waals surface area contributed by atoms with E-state index < -0.39 is 12.1 Å². The Morgan fingerprint density at radius 2 is 2.07 bits per heavy atom. The largest absolute Gasteiger partial charge is 0.493 e. The third-order valence-corrected chi connectivity index (χ3v) is 5.16. The summed E-state index contributed by atoms with van der Waals surface area (Å²) in [7, 11) is 1.26. The van der Waals surface area contributed by atoms with Crippen molar-refractivity contribution >= 4 is 18.0 Å². The van der Waals surface area contributed by atoms with Gasteiger partial charge >= 0.3 is 5.97 Å². The van der Waals surface area contributed by atoms with Crippen molar-refractivity contribution in [2.24, 2.45) is 5.92 Å². The molecule has 7 heteroatoms. The monoisotopic (exact) mass is 389 g/mol.